The second-order valence-corrected chi connectivity index (χ2v) is 7.51. The molecule has 3 rings (SSSR count). The summed E-state index contributed by atoms with van der Waals surface area (Å²) >= 11 is 0. The highest BCUT2D eigenvalue weighted by Gasteiger charge is 2.37. The van der Waals surface area contributed by atoms with Gasteiger partial charge in [0.05, 0.1) is 23.7 Å². The second-order valence-electron chi connectivity index (χ2n) is 7.51. The van der Waals surface area contributed by atoms with E-state index in [9.17, 15) is 19.5 Å². The molecule has 1 unspecified atom stereocenters. The van der Waals surface area contributed by atoms with E-state index in [1.54, 1.807) is 26.0 Å². The maximum absolute atomic E-state index is 13.4. The minimum absolute atomic E-state index is 0.0537. The first-order chi connectivity index (χ1) is 15.8. The topological polar surface area (TPSA) is 114 Å². The van der Waals surface area contributed by atoms with Gasteiger partial charge in [0.2, 0.25) is 0 Å². The van der Waals surface area contributed by atoms with Crippen LogP contribution in [0.4, 0.5) is 5.69 Å². The van der Waals surface area contributed by atoms with Gasteiger partial charge in [0.15, 0.2) is 0 Å². The number of carbonyl (C=O) groups is 3. The molecule has 1 aliphatic rings. The quantitative estimate of drug-likeness (QED) is 0.417. The molecule has 33 heavy (non-hydrogen) atoms. The van der Waals surface area contributed by atoms with Crippen molar-refractivity contribution >= 4 is 23.5 Å². The number of carboxylic acid groups (broad SMARTS) is 1. The Morgan fingerprint density at radius 3 is 2.33 bits per heavy atom. The van der Waals surface area contributed by atoms with Gasteiger partial charge in [-0.05, 0) is 37.6 Å². The molecule has 2 aromatic carbocycles. The Balaban J connectivity index is 2.00. The van der Waals surface area contributed by atoms with E-state index < -0.39 is 23.8 Å². The summed E-state index contributed by atoms with van der Waals surface area (Å²) < 4.78 is 10.3. The zero-order chi connectivity index (χ0) is 24.0. The lowest BCUT2D eigenvalue weighted by Gasteiger charge is -2.31. The first-order valence-corrected chi connectivity index (χ1v) is 10.4. The molecule has 1 amide bonds. The van der Waals surface area contributed by atoms with Crippen molar-refractivity contribution in [1.29, 1.82) is 0 Å². The van der Waals surface area contributed by atoms with Crippen LogP contribution in [-0.4, -0.2) is 43.3 Å². The highest BCUT2D eigenvalue weighted by Crippen LogP contribution is 2.39. The van der Waals surface area contributed by atoms with E-state index in [-0.39, 0.29) is 18.8 Å². The lowest BCUT2D eigenvalue weighted by molar-refractivity contribution is -0.140. The lowest BCUT2D eigenvalue weighted by Crippen LogP contribution is -2.34. The molecule has 0 saturated carbocycles. The third-order valence-corrected chi connectivity index (χ3v) is 5.25. The van der Waals surface area contributed by atoms with Crippen LogP contribution in [0.1, 0.15) is 35.7 Å². The number of nitrogens with one attached hydrogen (secondary N) is 2. The van der Waals surface area contributed by atoms with E-state index in [4.69, 9.17) is 9.47 Å². The van der Waals surface area contributed by atoms with Gasteiger partial charge in [0.1, 0.15) is 6.61 Å². The number of allylic oxidation sites excluding steroid dienone is 2. The molecule has 1 aliphatic heterocycles. The average molecular weight is 450 g/mol. The van der Waals surface area contributed by atoms with E-state index in [0.29, 0.717) is 28.2 Å². The van der Waals surface area contributed by atoms with Gasteiger partial charge in [-0.15, -0.1) is 0 Å². The van der Waals surface area contributed by atoms with Crippen molar-refractivity contribution in [2.24, 2.45) is 0 Å². The zero-order valence-corrected chi connectivity index (χ0v) is 18.7. The molecular formula is C25H26N2O6. The van der Waals surface area contributed by atoms with Crippen LogP contribution in [0.2, 0.25) is 0 Å². The minimum atomic E-state index is -1.09. The standard InChI is InChI=1S/C25H26N2O6/c1-15-20(23(28)27-19-11-7-10-18(14-19)24(29)30)22(17-8-5-4-6-9-17)21(16(2)26-15)25(31)33-13-12-32-3/h4-11,14,22,26H,12-13H2,1-3H3,(H,27,28)(H,29,30). The molecule has 0 bridgehead atoms. The van der Waals surface area contributed by atoms with Crippen molar-refractivity contribution in [1.82, 2.24) is 5.32 Å². The summed E-state index contributed by atoms with van der Waals surface area (Å²) in [6.45, 7) is 3.86. The number of benzene rings is 2. The van der Waals surface area contributed by atoms with Crippen LogP contribution in [0.15, 0.2) is 77.1 Å². The van der Waals surface area contributed by atoms with Crippen molar-refractivity contribution < 1.29 is 29.0 Å². The molecule has 0 saturated heterocycles. The first kappa shape index (κ1) is 23.7. The van der Waals surface area contributed by atoms with Crippen molar-refractivity contribution in [3.8, 4) is 0 Å². The number of dihydropyridines is 1. The Kier molecular flexibility index (Phi) is 7.63. The Morgan fingerprint density at radius 2 is 1.67 bits per heavy atom. The number of hydrogen-bond donors (Lipinski definition) is 3. The number of carboxylic acids is 1. The lowest BCUT2D eigenvalue weighted by atomic mass is 9.80. The average Bonchev–Trinajstić information content (AvgIpc) is 2.79. The molecule has 8 heteroatoms. The van der Waals surface area contributed by atoms with Gasteiger partial charge in [-0.1, -0.05) is 36.4 Å². The maximum atomic E-state index is 13.4. The van der Waals surface area contributed by atoms with Crippen LogP contribution < -0.4 is 10.6 Å². The molecular weight excluding hydrogens is 424 g/mol. The summed E-state index contributed by atoms with van der Waals surface area (Å²) in [5.41, 5.74) is 2.98. The molecule has 1 atom stereocenters. The van der Waals surface area contributed by atoms with E-state index in [0.717, 1.165) is 5.56 Å². The van der Waals surface area contributed by atoms with E-state index in [2.05, 4.69) is 10.6 Å². The van der Waals surface area contributed by atoms with Gasteiger partial charge in [-0.3, -0.25) is 4.79 Å². The highest BCUT2D eigenvalue weighted by atomic mass is 16.6. The third-order valence-electron chi connectivity index (χ3n) is 5.25. The number of methoxy groups -OCH3 is 1. The highest BCUT2D eigenvalue weighted by molar-refractivity contribution is 6.08. The zero-order valence-electron chi connectivity index (χ0n) is 18.7. The molecule has 0 aromatic heterocycles. The van der Waals surface area contributed by atoms with Crippen molar-refractivity contribution in [3.63, 3.8) is 0 Å². The number of carbonyl (C=O) groups excluding carboxylic acids is 2. The van der Waals surface area contributed by atoms with Crippen molar-refractivity contribution in [2.45, 2.75) is 19.8 Å². The molecule has 0 aliphatic carbocycles. The van der Waals surface area contributed by atoms with Gasteiger partial charge in [0.25, 0.3) is 5.91 Å². The first-order valence-electron chi connectivity index (χ1n) is 10.4. The van der Waals surface area contributed by atoms with Gasteiger partial charge >= 0.3 is 11.9 Å². The second kappa shape index (κ2) is 10.6. The van der Waals surface area contributed by atoms with E-state index >= 15 is 0 Å². The van der Waals surface area contributed by atoms with Crippen molar-refractivity contribution in [3.05, 3.63) is 88.3 Å². The summed E-state index contributed by atoms with van der Waals surface area (Å²) in [5.74, 6) is -2.77. The predicted molar refractivity (Wildman–Crippen MR) is 123 cm³/mol. The Morgan fingerprint density at radius 1 is 0.970 bits per heavy atom. The van der Waals surface area contributed by atoms with Gasteiger partial charge in [-0.2, -0.15) is 0 Å². The van der Waals surface area contributed by atoms with Crippen LogP contribution in [0.25, 0.3) is 0 Å². The summed E-state index contributed by atoms with van der Waals surface area (Å²) in [7, 11) is 1.52. The number of anilines is 1. The fourth-order valence-electron chi connectivity index (χ4n) is 3.77. The summed E-state index contributed by atoms with van der Waals surface area (Å²) in [6.07, 6.45) is 0. The third kappa shape index (κ3) is 5.48. The molecule has 3 N–H and O–H groups in total. The van der Waals surface area contributed by atoms with Crippen LogP contribution in [0, 0.1) is 0 Å². The van der Waals surface area contributed by atoms with E-state index in [1.807, 2.05) is 30.3 Å². The van der Waals surface area contributed by atoms with Gasteiger partial charge in [-0.25, -0.2) is 9.59 Å². The molecule has 0 fully saturated rings. The van der Waals surface area contributed by atoms with Gasteiger partial charge < -0.3 is 25.2 Å². The summed E-state index contributed by atoms with van der Waals surface area (Å²) in [4.78, 5) is 37.7. The molecule has 0 spiro atoms. The molecule has 1 heterocycles. The molecule has 0 radical (unpaired) electrons. The van der Waals surface area contributed by atoms with Crippen LogP contribution >= 0.6 is 0 Å². The van der Waals surface area contributed by atoms with Crippen LogP contribution in [-0.2, 0) is 19.1 Å². The normalized spacial score (nSPS) is 15.7. The molecule has 172 valence electrons. The SMILES string of the molecule is COCCOC(=O)C1=C(C)NC(C)=C(C(=O)Nc2cccc(C(=O)O)c2)C1c1ccccc1. The van der Waals surface area contributed by atoms with Crippen LogP contribution in [0.5, 0.6) is 0 Å². The maximum Gasteiger partial charge on any atom is 0.336 e. The minimum Gasteiger partial charge on any atom is -0.478 e. The Labute approximate surface area is 191 Å². The fourth-order valence-corrected chi connectivity index (χ4v) is 3.77. The summed E-state index contributed by atoms with van der Waals surface area (Å²) in [5, 5.41) is 15.1. The van der Waals surface area contributed by atoms with Crippen molar-refractivity contribution in [2.75, 3.05) is 25.6 Å². The number of hydrogen-bond acceptors (Lipinski definition) is 6. The molecule has 2 aromatic rings. The Hall–Kier alpha value is -3.91. The van der Waals surface area contributed by atoms with E-state index in [1.165, 1.54) is 19.2 Å². The fraction of sp³-hybridized carbons (Fsp3) is 0.240. The number of aromatic carboxylic acids is 1. The Bertz CT molecular complexity index is 1120. The molecule has 8 nitrogen and oxygen atoms in total. The monoisotopic (exact) mass is 450 g/mol. The number of amides is 1. The number of rotatable bonds is 8. The smallest absolute Gasteiger partial charge is 0.336 e. The predicted octanol–water partition coefficient (Wildman–Crippen LogP) is 3.45. The largest absolute Gasteiger partial charge is 0.478 e. The van der Waals surface area contributed by atoms with Crippen LogP contribution in [0.3, 0.4) is 0 Å². The summed E-state index contributed by atoms with van der Waals surface area (Å²) in [6, 6.07) is 15.2. The number of ether oxygens (including phenoxy) is 2. The number of esters is 1. The van der Waals surface area contributed by atoms with Gasteiger partial charge in [0, 0.05) is 29.8 Å².